The second kappa shape index (κ2) is 6.68. The monoisotopic (exact) mass is 285 g/mol. The molecular formula is C17H23N3O. The Morgan fingerprint density at radius 3 is 2.48 bits per heavy atom. The molecule has 2 aromatic rings. The van der Waals surface area contributed by atoms with Gasteiger partial charge in [0.2, 0.25) is 0 Å². The van der Waals surface area contributed by atoms with E-state index in [1.54, 1.807) is 13.3 Å². The molecule has 0 radical (unpaired) electrons. The summed E-state index contributed by atoms with van der Waals surface area (Å²) in [6.07, 6.45) is 1.79. The molecule has 1 aromatic carbocycles. The average Bonchev–Trinajstić information content (AvgIpc) is 2.48. The van der Waals surface area contributed by atoms with E-state index in [0.29, 0.717) is 6.54 Å². The minimum absolute atomic E-state index is 0.000693. The number of nitrogens with zero attached hydrogens (tertiary/aromatic N) is 2. The number of nitrogens with one attached hydrogen (secondary N) is 1. The van der Waals surface area contributed by atoms with Crippen molar-refractivity contribution in [3.63, 3.8) is 0 Å². The second-order valence-electron chi connectivity index (χ2n) is 6.03. The first-order valence-electron chi connectivity index (χ1n) is 7.16. The van der Waals surface area contributed by atoms with Crippen LogP contribution in [0.15, 0.2) is 42.6 Å². The number of ether oxygens (including phenoxy) is 1. The van der Waals surface area contributed by atoms with Crippen LogP contribution >= 0.6 is 0 Å². The van der Waals surface area contributed by atoms with Crippen molar-refractivity contribution in [1.82, 2.24) is 9.97 Å². The van der Waals surface area contributed by atoms with Crippen LogP contribution in [0.3, 0.4) is 0 Å². The molecule has 0 bridgehead atoms. The van der Waals surface area contributed by atoms with Crippen LogP contribution in [0.1, 0.15) is 38.3 Å². The number of hydrogen-bond donors (Lipinski definition) is 1. The maximum atomic E-state index is 5.55. The Kier molecular flexibility index (Phi) is 4.91. The third kappa shape index (κ3) is 4.26. The Morgan fingerprint density at radius 1 is 1.14 bits per heavy atom. The Bertz CT molecular complexity index is 564. The zero-order chi connectivity index (χ0) is 15.3. The fourth-order valence-electron chi connectivity index (χ4n) is 2.02. The molecule has 0 aliphatic rings. The summed E-state index contributed by atoms with van der Waals surface area (Å²) in [4.78, 5) is 8.90. The number of aromatic nitrogens is 2. The summed E-state index contributed by atoms with van der Waals surface area (Å²) in [5, 5.41) is 3.33. The van der Waals surface area contributed by atoms with E-state index in [2.05, 4.69) is 48.2 Å². The molecule has 0 saturated heterocycles. The summed E-state index contributed by atoms with van der Waals surface area (Å²) in [6, 6.07) is 12.1. The molecule has 1 unspecified atom stereocenters. The van der Waals surface area contributed by atoms with E-state index in [4.69, 9.17) is 4.74 Å². The highest BCUT2D eigenvalue weighted by atomic mass is 16.5. The number of hydrogen-bond acceptors (Lipinski definition) is 4. The zero-order valence-electron chi connectivity index (χ0n) is 13.1. The van der Waals surface area contributed by atoms with E-state index in [0.717, 1.165) is 17.2 Å². The predicted octanol–water partition coefficient (Wildman–Crippen LogP) is 3.57. The highest BCUT2D eigenvalue weighted by Crippen LogP contribution is 2.20. The van der Waals surface area contributed by atoms with E-state index in [1.165, 1.54) is 0 Å². The van der Waals surface area contributed by atoms with Crippen LogP contribution in [-0.4, -0.2) is 23.6 Å². The van der Waals surface area contributed by atoms with Crippen molar-refractivity contribution in [2.75, 3.05) is 19.0 Å². The molecular weight excluding hydrogens is 262 g/mol. The van der Waals surface area contributed by atoms with E-state index in [9.17, 15) is 0 Å². The maximum Gasteiger partial charge on any atom is 0.135 e. The van der Waals surface area contributed by atoms with E-state index < -0.39 is 0 Å². The Balaban J connectivity index is 2.05. The van der Waals surface area contributed by atoms with Crippen molar-refractivity contribution in [1.29, 1.82) is 0 Å². The van der Waals surface area contributed by atoms with E-state index >= 15 is 0 Å². The SMILES string of the molecule is COC(CNc1ccnc(C(C)(C)C)n1)c1ccccc1. The van der Waals surface area contributed by atoms with Gasteiger partial charge in [-0.2, -0.15) is 0 Å². The molecule has 21 heavy (non-hydrogen) atoms. The van der Waals surface area contributed by atoms with Crippen molar-refractivity contribution in [3.8, 4) is 0 Å². The molecule has 1 atom stereocenters. The molecule has 0 amide bonds. The lowest BCUT2D eigenvalue weighted by Crippen LogP contribution is -2.19. The first kappa shape index (κ1) is 15.4. The molecule has 1 heterocycles. The van der Waals surface area contributed by atoms with Gasteiger partial charge in [-0.05, 0) is 11.6 Å². The van der Waals surface area contributed by atoms with Crippen LogP contribution in [0.4, 0.5) is 5.82 Å². The lowest BCUT2D eigenvalue weighted by Gasteiger charge is -2.19. The second-order valence-corrected chi connectivity index (χ2v) is 6.03. The topological polar surface area (TPSA) is 47.0 Å². The van der Waals surface area contributed by atoms with Gasteiger partial charge < -0.3 is 10.1 Å². The van der Waals surface area contributed by atoms with Crippen molar-refractivity contribution >= 4 is 5.82 Å². The van der Waals surface area contributed by atoms with Crippen molar-refractivity contribution in [3.05, 3.63) is 54.0 Å². The molecule has 0 fully saturated rings. The molecule has 0 aliphatic carbocycles. The highest BCUT2D eigenvalue weighted by molar-refractivity contribution is 5.34. The van der Waals surface area contributed by atoms with Gasteiger partial charge in [0.05, 0.1) is 6.10 Å². The Morgan fingerprint density at radius 2 is 1.86 bits per heavy atom. The highest BCUT2D eigenvalue weighted by Gasteiger charge is 2.17. The van der Waals surface area contributed by atoms with Gasteiger partial charge in [0, 0.05) is 25.3 Å². The molecule has 0 spiro atoms. The van der Waals surface area contributed by atoms with Crippen LogP contribution in [-0.2, 0) is 10.2 Å². The summed E-state index contributed by atoms with van der Waals surface area (Å²) < 4.78 is 5.55. The van der Waals surface area contributed by atoms with Gasteiger partial charge in [0.15, 0.2) is 0 Å². The van der Waals surface area contributed by atoms with Gasteiger partial charge in [0.25, 0.3) is 0 Å². The molecule has 0 saturated carbocycles. The van der Waals surface area contributed by atoms with Gasteiger partial charge in [-0.1, -0.05) is 51.1 Å². The smallest absolute Gasteiger partial charge is 0.135 e. The van der Waals surface area contributed by atoms with Gasteiger partial charge in [0.1, 0.15) is 11.6 Å². The molecule has 112 valence electrons. The number of benzene rings is 1. The summed E-state index contributed by atoms with van der Waals surface area (Å²) in [5.41, 5.74) is 1.09. The molecule has 4 nitrogen and oxygen atoms in total. The molecule has 2 rings (SSSR count). The Labute approximate surface area is 126 Å². The van der Waals surface area contributed by atoms with Gasteiger partial charge in [-0.25, -0.2) is 9.97 Å². The zero-order valence-corrected chi connectivity index (χ0v) is 13.1. The van der Waals surface area contributed by atoms with E-state index in [-0.39, 0.29) is 11.5 Å². The largest absolute Gasteiger partial charge is 0.375 e. The number of rotatable bonds is 5. The van der Waals surface area contributed by atoms with Gasteiger partial charge in [-0.15, -0.1) is 0 Å². The quantitative estimate of drug-likeness (QED) is 0.912. The minimum atomic E-state index is -0.0578. The van der Waals surface area contributed by atoms with Crippen LogP contribution in [0.5, 0.6) is 0 Å². The molecule has 0 aliphatic heterocycles. The molecule has 4 heteroatoms. The fourth-order valence-corrected chi connectivity index (χ4v) is 2.02. The lowest BCUT2D eigenvalue weighted by atomic mass is 9.96. The predicted molar refractivity (Wildman–Crippen MR) is 85.4 cm³/mol. The van der Waals surface area contributed by atoms with Crippen LogP contribution < -0.4 is 5.32 Å². The summed E-state index contributed by atoms with van der Waals surface area (Å²) in [7, 11) is 1.72. The summed E-state index contributed by atoms with van der Waals surface area (Å²) in [5.74, 6) is 1.66. The lowest BCUT2D eigenvalue weighted by molar-refractivity contribution is 0.114. The normalized spacial score (nSPS) is 13.0. The summed E-state index contributed by atoms with van der Waals surface area (Å²) >= 11 is 0. The Hall–Kier alpha value is -1.94. The molecule has 1 aromatic heterocycles. The maximum absolute atomic E-state index is 5.55. The third-order valence-corrected chi connectivity index (χ3v) is 3.25. The minimum Gasteiger partial charge on any atom is -0.375 e. The van der Waals surface area contributed by atoms with Gasteiger partial charge >= 0.3 is 0 Å². The first-order chi connectivity index (χ1) is 10.0. The average molecular weight is 285 g/mol. The van der Waals surface area contributed by atoms with Crippen molar-refractivity contribution < 1.29 is 4.74 Å². The number of methoxy groups -OCH3 is 1. The first-order valence-corrected chi connectivity index (χ1v) is 7.16. The van der Waals surface area contributed by atoms with E-state index in [1.807, 2.05) is 24.3 Å². The fraction of sp³-hybridized carbons (Fsp3) is 0.412. The number of anilines is 1. The van der Waals surface area contributed by atoms with Crippen LogP contribution in [0.25, 0.3) is 0 Å². The van der Waals surface area contributed by atoms with Crippen molar-refractivity contribution in [2.24, 2.45) is 0 Å². The third-order valence-electron chi connectivity index (χ3n) is 3.25. The summed E-state index contributed by atoms with van der Waals surface area (Å²) in [6.45, 7) is 6.98. The van der Waals surface area contributed by atoms with Crippen molar-refractivity contribution in [2.45, 2.75) is 32.3 Å². The van der Waals surface area contributed by atoms with Gasteiger partial charge in [-0.3, -0.25) is 0 Å². The van der Waals surface area contributed by atoms with Crippen LogP contribution in [0, 0.1) is 0 Å². The molecule has 1 N–H and O–H groups in total. The van der Waals surface area contributed by atoms with Crippen LogP contribution in [0.2, 0.25) is 0 Å². The standard InChI is InChI=1S/C17H23N3O/c1-17(2,3)16-18-11-10-15(20-16)19-12-14(21-4)13-8-6-5-7-9-13/h5-11,14H,12H2,1-4H3,(H,18,19,20).